The number of benzene rings is 6. The number of fused-ring (bicyclic) bond motifs is 1. The molecule has 6 rings (SSSR count). The number of halogens is 7. The van der Waals surface area contributed by atoms with Crippen LogP contribution >= 0.6 is 0 Å². The molecule has 0 bridgehead atoms. The van der Waals surface area contributed by atoms with Crippen molar-refractivity contribution in [1.82, 2.24) is 0 Å². The van der Waals surface area contributed by atoms with Crippen LogP contribution in [0.4, 0.5) is 47.8 Å². The molecule has 290 valence electrons. The lowest BCUT2D eigenvalue weighted by molar-refractivity contribution is 0.518. The van der Waals surface area contributed by atoms with Gasteiger partial charge in [0.25, 0.3) is 0 Å². The van der Waals surface area contributed by atoms with Crippen LogP contribution in [0.25, 0.3) is 16.8 Å². The van der Waals surface area contributed by atoms with Crippen molar-refractivity contribution in [3.63, 3.8) is 0 Å². The Hall–Kier alpha value is -5.37. The standard InChI is InChI=1S/C48H44F7N/c1-8-31-28(4)43(35(44-38(51)16-11-17-39(44)52)26-34-36(49)14-10-15-37(34)50)33-25-30(48(5,6)7)23-24-32(33)46(31)56(47-41(54)19-12-20-42(47)55)45-29(22-21-27(2)3)13-9-18-40(45)53/h8-20,23-25,27,35H,1,21-22,26H2,2-7H3. The Balaban J connectivity index is 1.83. The highest BCUT2D eigenvalue weighted by molar-refractivity contribution is 6.06. The van der Waals surface area contributed by atoms with E-state index in [0.717, 1.165) is 42.0 Å². The van der Waals surface area contributed by atoms with Gasteiger partial charge in [-0.05, 0) is 108 Å². The van der Waals surface area contributed by atoms with Crippen molar-refractivity contribution in [3.8, 4) is 0 Å². The van der Waals surface area contributed by atoms with Gasteiger partial charge in [-0.1, -0.05) is 95.8 Å². The van der Waals surface area contributed by atoms with E-state index in [2.05, 4.69) is 6.58 Å². The van der Waals surface area contributed by atoms with Crippen LogP contribution in [0.1, 0.15) is 85.9 Å². The summed E-state index contributed by atoms with van der Waals surface area (Å²) in [5, 5.41) is 0.728. The molecule has 0 radical (unpaired) electrons. The highest BCUT2D eigenvalue weighted by atomic mass is 19.2. The number of para-hydroxylation sites is 2. The lowest BCUT2D eigenvalue weighted by Gasteiger charge is -2.34. The normalized spacial score (nSPS) is 12.4. The van der Waals surface area contributed by atoms with Crippen LogP contribution in [0.2, 0.25) is 0 Å². The summed E-state index contributed by atoms with van der Waals surface area (Å²) in [6.45, 7) is 15.7. The molecular formula is C48H44F7N. The van der Waals surface area contributed by atoms with Crippen LogP contribution in [0, 0.1) is 53.6 Å². The maximum atomic E-state index is 16.6. The third-order valence-electron chi connectivity index (χ3n) is 10.5. The van der Waals surface area contributed by atoms with Crippen molar-refractivity contribution >= 4 is 33.9 Å². The minimum atomic E-state index is -1.32. The van der Waals surface area contributed by atoms with Crippen molar-refractivity contribution < 1.29 is 30.7 Å². The predicted octanol–water partition coefficient (Wildman–Crippen LogP) is 14.5. The number of hydrogen-bond acceptors (Lipinski definition) is 1. The zero-order valence-electron chi connectivity index (χ0n) is 32.3. The first-order valence-electron chi connectivity index (χ1n) is 18.7. The summed E-state index contributed by atoms with van der Waals surface area (Å²) in [4.78, 5) is 1.25. The van der Waals surface area contributed by atoms with E-state index in [1.807, 2.05) is 46.8 Å². The van der Waals surface area contributed by atoms with E-state index >= 15 is 30.7 Å². The molecule has 56 heavy (non-hydrogen) atoms. The summed E-state index contributed by atoms with van der Waals surface area (Å²) >= 11 is 0. The van der Waals surface area contributed by atoms with Crippen molar-refractivity contribution in [2.75, 3.05) is 4.90 Å². The fourth-order valence-corrected chi connectivity index (χ4v) is 7.67. The quantitative estimate of drug-likeness (QED) is 0.119. The monoisotopic (exact) mass is 767 g/mol. The first-order valence-corrected chi connectivity index (χ1v) is 18.7. The van der Waals surface area contributed by atoms with Gasteiger partial charge < -0.3 is 4.90 Å². The van der Waals surface area contributed by atoms with E-state index in [1.165, 1.54) is 35.2 Å². The Morgan fingerprint density at radius 2 is 1.14 bits per heavy atom. The Morgan fingerprint density at radius 3 is 1.68 bits per heavy atom. The van der Waals surface area contributed by atoms with Crippen LogP contribution in [0.15, 0.2) is 97.6 Å². The third kappa shape index (κ3) is 7.58. The predicted molar refractivity (Wildman–Crippen MR) is 213 cm³/mol. The van der Waals surface area contributed by atoms with Gasteiger partial charge >= 0.3 is 0 Å². The molecule has 0 aliphatic rings. The summed E-state index contributed by atoms with van der Waals surface area (Å²) in [5.41, 5.74) is 0.542. The number of nitrogens with zero attached hydrogens (tertiary/aromatic N) is 1. The second-order valence-electron chi connectivity index (χ2n) is 15.7. The molecule has 0 aliphatic heterocycles. The maximum Gasteiger partial charge on any atom is 0.150 e. The van der Waals surface area contributed by atoms with Crippen LogP contribution in [-0.2, 0) is 18.3 Å². The molecule has 8 heteroatoms. The highest BCUT2D eigenvalue weighted by Gasteiger charge is 2.34. The van der Waals surface area contributed by atoms with E-state index < -0.39 is 69.7 Å². The first-order chi connectivity index (χ1) is 26.5. The number of hydrogen-bond donors (Lipinski definition) is 0. The van der Waals surface area contributed by atoms with E-state index in [-0.39, 0.29) is 28.4 Å². The summed E-state index contributed by atoms with van der Waals surface area (Å²) in [6, 6.07) is 20.1. The largest absolute Gasteiger partial charge is 0.301 e. The van der Waals surface area contributed by atoms with Crippen LogP contribution in [0.3, 0.4) is 0 Å². The van der Waals surface area contributed by atoms with Gasteiger partial charge in [-0.15, -0.1) is 0 Å². The zero-order chi connectivity index (χ0) is 40.6. The maximum absolute atomic E-state index is 16.6. The molecule has 0 amide bonds. The van der Waals surface area contributed by atoms with E-state index in [1.54, 1.807) is 25.1 Å². The second kappa shape index (κ2) is 16.0. The van der Waals surface area contributed by atoms with Crippen molar-refractivity contribution in [2.24, 2.45) is 5.92 Å². The molecule has 1 nitrogen and oxygen atoms in total. The summed E-state index contributed by atoms with van der Waals surface area (Å²) in [5.74, 6) is -7.37. The Bertz CT molecular complexity index is 2380. The molecule has 0 aliphatic carbocycles. The Morgan fingerprint density at radius 1 is 0.625 bits per heavy atom. The van der Waals surface area contributed by atoms with Gasteiger partial charge in [-0.25, -0.2) is 30.7 Å². The molecule has 0 saturated heterocycles. The molecule has 1 unspecified atom stereocenters. The van der Waals surface area contributed by atoms with Gasteiger partial charge in [0.05, 0.1) is 11.4 Å². The molecular weight excluding hydrogens is 724 g/mol. The van der Waals surface area contributed by atoms with Gasteiger partial charge in [0.2, 0.25) is 0 Å². The van der Waals surface area contributed by atoms with Crippen LogP contribution < -0.4 is 4.90 Å². The lowest BCUT2D eigenvalue weighted by Crippen LogP contribution is -2.21. The van der Waals surface area contributed by atoms with Gasteiger partial charge in [0.1, 0.15) is 46.4 Å². The van der Waals surface area contributed by atoms with E-state index in [0.29, 0.717) is 40.3 Å². The van der Waals surface area contributed by atoms with Crippen LogP contribution in [0.5, 0.6) is 0 Å². The van der Waals surface area contributed by atoms with E-state index in [4.69, 9.17) is 0 Å². The third-order valence-corrected chi connectivity index (χ3v) is 10.5. The lowest BCUT2D eigenvalue weighted by atomic mass is 9.77. The fourth-order valence-electron chi connectivity index (χ4n) is 7.67. The molecule has 0 heterocycles. The molecule has 0 saturated carbocycles. The molecule has 6 aromatic rings. The second-order valence-corrected chi connectivity index (χ2v) is 15.7. The minimum absolute atomic E-state index is 0.0706. The van der Waals surface area contributed by atoms with Crippen molar-refractivity contribution in [3.05, 3.63) is 177 Å². The molecule has 0 N–H and O–H groups in total. The molecule has 6 aromatic carbocycles. The van der Waals surface area contributed by atoms with Gasteiger partial charge in [0.15, 0.2) is 0 Å². The average molecular weight is 768 g/mol. The zero-order valence-corrected chi connectivity index (χ0v) is 32.3. The summed E-state index contributed by atoms with van der Waals surface area (Å²) in [6.07, 6.45) is 1.99. The number of anilines is 3. The summed E-state index contributed by atoms with van der Waals surface area (Å²) in [7, 11) is 0. The van der Waals surface area contributed by atoms with Gasteiger partial charge in [-0.2, -0.15) is 0 Å². The number of aryl methyl sites for hydroxylation is 1. The first kappa shape index (κ1) is 40.3. The van der Waals surface area contributed by atoms with E-state index in [9.17, 15) is 0 Å². The van der Waals surface area contributed by atoms with Gasteiger partial charge in [-0.3, -0.25) is 0 Å². The van der Waals surface area contributed by atoms with Crippen molar-refractivity contribution in [1.29, 1.82) is 0 Å². The average Bonchev–Trinajstić information content (AvgIpc) is 3.13. The smallest absolute Gasteiger partial charge is 0.150 e. The molecule has 0 fully saturated rings. The van der Waals surface area contributed by atoms with Crippen molar-refractivity contribution in [2.45, 2.75) is 72.1 Å². The topological polar surface area (TPSA) is 3.24 Å². The van der Waals surface area contributed by atoms with Gasteiger partial charge in [0, 0.05) is 28.0 Å². The summed E-state index contributed by atoms with van der Waals surface area (Å²) < 4.78 is 112. The van der Waals surface area contributed by atoms with Crippen LogP contribution in [-0.4, -0.2) is 0 Å². The molecule has 1 atom stereocenters. The fraction of sp³-hybridized carbons (Fsp3) is 0.250. The SMILES string of the molecule is C=Cc1c(C)c(C(Cc2c(F)cccc2F)c2c(F)cccc2F)c2cc(C(C)(C)C)ccc2c1N(c1c(F)cccc1F)c1c(F)cccc1CCC(C)C. The Labute approximate surface area is 324 Å². The molecule has 0 spiro atoms. The number of rotatable bonds is 11. The minimum Gasteiger partial charge on any atom is -0.301 e. The Kier molecular flexibility index (Phi) is 11.5. The highest BCUT2D eigenvalue weighted by Crippen LogP contribution is 2.51. The molecule has 0 aromatic heterocycles.